The number of hydrogen-bond acceptors (Lipinski definition) is 3. The molecular weight excluding hydrogens is 311 g/mol. The Balaban J connectivity index is 0.000000257. The Kier molecular flexibility index (Phi) is 4.49. The average Bonchev–Trinajstić information content (AvgIpc) is 2.74. The van der Waals surface area contributed by atoms with E-state index in [1.807, 2.05) is 6.26 Å². The maximum absolute atomic E-state index is 9.75. The van der Waals surface area contributed by atoms with Crippen molar-refractivity contribution in [3.8, 4) is 0 Å². The summed E-state index contributed by atoms with van der Waals surface area (Å²) in [6.45, 7) is 0. The second-order valence-electron chi connectivity index (χ2n) is 3.69. The number of rotatable bonds is 1. The van der Waals surface area contributed by atoms with Gasteiger partial charge in [-0.25, -0.2) is 0 Å². The number of thiazole rings is 1. The third-order valence-electron chi connectivity index (χ3n) is 2.31. The van der Waals surface area contributed by atoms with Crippen molar-refractivity contribution in [3.63, 3.8) is 0 Å². The zero-order chi connectivity index (χ0) is 14.8. The van der Waals surface area contributed by atoms with Gasteiger partial charge >= 0.3 is 12.2 Å². The van der Waals surface area contributed by atoms with Crippen molar-refractivity contribution in [1.82, 2.24) is 4.98 Å². The second-order valence-corrected chi connectivity index (χ2v) is 5.52. The van der Waals surface area contributed by atoms with Crippen LogP contribution in [0.1, 0.15) is 0 Å². The summed E-state index contributed by atoms with van der Waals surface area (Å²) in [5.74, 6) is 0. The molecular formula is C11H9BF4N2S2. The molecule has 0 saturated carbocycles. The Morgan fingerprint density at radius 2 is 1.80 bits per heavy atom. The monoisotopic (exact) mass is 320 g/mol. The van der Waals surface area contributed by atoms with E-state index in [1.54, 1.807) is 23.1 Å². The summed E-state index contributed by atoms with van der Waals surface area (Å²) in [5.41, 5.74) is 1.23. The molecule has 0 aliphatic rings. The van der Waals surface area contributed by atoms with E-state index in [0.29, 0.717) is 0 Å². The van der Waals surface area contributed by atoms with Gasteiger partial charge in [0.25, 0.3) is 0 Å². The average molecular weight is 320 g/mol. The molecule has 0 amide bonds. The van der Waals surface area contributed by atoms with Gasteiger partial charge in [-0.1, -0.05) is 23.9 Å². The molecule has 1 aromatic carbocycles. The summed E-state index contributed by atoms with van der Waals surface area (Å²) in [4.78, 5) is 5.63. The fraction of sp³-hybridized carbons (Fsp3) is 0.0909. The van der Waals surface area contributed by atoms with Crippen LogP contribution in [0.3, 0.4) is 0 Å². The van der Waals surface area contributed by atoms with Gasteiger partial charge in [0.15, 0.2) is 5.52 Å². The topological polar surface area (TPSA) is 17.0 Å². The number of para-hydroxylation sites is 1. The van der Waals surface area contributed by atoms with E-state index in [9.17, 15) is 17.3 Å². The van der Waals surface area contributed by atoms with Crippen LogP contribution in [0.2, 0.25) is 0 Å². The minimum Gasteiger partial charge on any atom is -0.418 e. The lowest BCUT2D eigenvalue weighted by Crippen LogP contribution is -2.19. The van der Waals surface area contributed by atoms with Crippen LogP contribution in [-0.2, 0) is 0 Å². The number of benzene rings is 1. The van der Waals surface area contributed by atoms with Gasteiger partial charge in [0.1, 0.15) is 6.20 Å². The molecule has 0 spiro atoms. The predicted octanol–water partition coefficient (Wildman–Crippen LogP) is 4.06. The number of thioether (sulfide) groups is 1. The molecule has 9 heteroatoms. The smallest absolute Gasteiger partial charge is 0.418 e. The highest BCUT2D eigenvalue weighted by atomic mass is 32.2. The van der Waals surface area contributed by atoms with Gasteiger partial charge in [-0.2, -0.15) is 4.40 Å². The lowest BCUT2D eigenvalue weighted by Gasteiger charge is -1.94. The Bertz CT molecular complexity index is 723. The molecule has 2 aromatic heterocycles. The van der Waals surface area contributed by atoms with Crippen molar-refractivity contribution in [2.45, 2.75) is 5.03 Å². The fourth-order valence-electron chi connectivity index (χ4n) is 1.60. The van der Waals surface area contributed by atoms with E-state index in [-0.39, 0.29) is 0 Å². The predicted molar refractivity (Wildman–Crippen MR) is 74.7 cm³/mol. The summed E-state index contributed by atoms with van der Waals surface area (Å²) >= 11 is 3.41. The molecule has 0 aliphatic heterocycles. The van der Waals surface area contributed by atoms with Crippen LogP contribution in [0.4, 0.5) is 17.3 Å². The minimum absolute atomic E-state index is 1.06. The molecule has 2 heterocycles. The molecule has 0 fully saturated rings. The maximum atomic E-state index is 9.75. The summed E-state index contributed by atoms with van der Waals surface area (Å²) in [6, 6.07) is 10.4. The van der Waals surface area contributed by atoms with E-state index in [1.165, 1.54) is 10.2 Å². The number of aromatic nitrogens is 2. The largest absolute Gasteiger partial charge is 0.673 e. The van der Waals surface area contributed by atoms with Crippen LogP contribution in [0.15, 0.2) is 41.6 Å². The first-order valence-corrected chi connectivity index (χ1v) is 7.54. The highest BCUT2D eigenvalue weighted by Crippen LogP contribution is 2.21. The van der Waals surface area contributed by atoms with E-state index in [4.69, 9.17) is 0 Å². The molecule has 106 valence electrons. The Morgan fingerprint density at radius 3 is 2.45 bits per heavy atom. The van der Waals surface area contributed by atoms with Crippen molar-refractivity contribution in [1.29, 1.82) is 0 Å². The molecule has 0 atom stereocenters. The third-order valence-corrected chi connectivity index (χ3v) is 3.99. The SMILES string of the molecule is CSc1cc[n+]2c(n1)sc1ccccc12.F[B-](F)(F)F. The molecule has 0 N–H and O–H groups in total. The molecule has 0 saturated heterocycles. The maximum Gasteiger partial charge on any atom is 0.673 e. The van der Waals surface area contributed by atoms with Crippen molar-refractivity contribution in [2.75, 3.05) is 6.26 Å². The fourth-order valence-corrected chi connectivity index (χ4v) is 3.05. The molecule has 0 bridgehead atoms. The van der Waals surface area contributed by atoms with Crippen LogP contribution < -0.4 is 4.40 Å². The van der Waals surface area contributed by atoms with Gasteiger partial charge in [0.2, 0.25) is 5.03 Å². The first-order chi connectivity index (χ1) is 9.38. The van der Waals surface area contributed by atoms with E-state index in [2.05, 4.69) is 45.9 Å². The van der Waals surface area contributed by atoms with Crippen molar-refractivity contribution < 1.29 is 21.7 Å². The molecule has 0 aliphatic carbocycles. The van der Waals surface area contributed by atoms with Gasteiger partial charge in [-0.15, -0.1) is 0 Å². The summed E-state index contributed by atoms with van der Waals surface area (Å²) in [7, 11) is -6.00. The minimum atomic E-state index is -6.00. The van der Waals surface area contributed by atoms with Crippen LogP contribution in [0, 0.1) is 0 Å². The van der Waals surface area contributed by atoms with Crippen LogP contribution in [-0.4, -0.2) is 18.5 Å². The van der Waals surface area contributed by atoms with Crippen LogP contribution >= 0.6 is 23.1 Å². The van der Waals surface area contributed by atoms with Crippen molar-refractivity contribution in [3.05, 3.63) is 36.5 Å². The summed E-state index contributed by atoms with van der Waals surface area (Å²) < 4.78 is 42.4. The Labute approximate surface area is 120 Å². The van der Waals surface area contributed by atoms with Gasteiger partial charge < -0.3 is 17.3 Å². The van der Waals surface area contributed by atoms with Crippen LogP contribution in [0.25, 0.3) is 15.2 Å². The molecule has 20 heavy (non-hydrogen) atoms. The summed E-state index contributed by atoms with van der Waals surface area (Å²) in [5, 5.41) is 1.07. The van der Waals surface area contributed by atoms with E-state index >= 15 is 0 Å². The lowest BCUT2D eigenvalue weighted by atomic mass is 10.3. The molecule has 0 unspecified atom stereocenters. The van der Waals surface area contributed by atoms with Crippen LogP contribution in [0.5, 0.6) is 0 Å². The molecule has 2 nitrogen and oxygen atoms in total. The Hall–Kier alpha value is -1.35. The van der Waals surface area contributed by atoms with Gasteiger partial charge in [-0.05, 0) is 34.7 Å². The number of hydrogen-bond donors (Lipinski definition) is 0. The normalized spacial score (nSPS) is 11.4. The molecule has 3 aromatic rings. The lowest BCUT2D eigenvalue weighted by molar-refractivity contribution is -0.480. The highest BCUT2D eigenvalue weighted by molar-refractivity contribution is 7.98. The third kappa shape index (κ3) is 3.83. The standard InChI is InChI=1S/C11H9N2S2.BF4/c1-14-10-6-7-13-8-4-2-3-5-9(8)15-11(13)12-10;2-1(3,4)5/h2-7H,1H3;/q+1;-1. The van der Waals surface area contributed by atoms with Gasteiger partial charge in [0.05, 0.1) is 4.70 Å². The molecule has 3 rings (SSSR count). The first kappa shape index (κ1) is 15.1. The zero-order valence-corrected chi connectivity index (χ0v) is 11.9. The van der Waals surface area contributed by atoms with Crippen molar-refractivity contribution >= 4 is 45.5 Å². The van der Waals surface area contributed by atoms with Crippen molar-refractivity contribution in [2.24, 2.45) is 0 Å². The van der Waals surface area contributed by atoms with E-state index < -0.39 is 7.25 Å². The Morgan fingerprint density at radius 1 is 1.15 bits per heavy atom. The number of fused-ring (bicyclic) bond motifs is 3. The molecule has 0 radical (unpaired) electrons. The zero-order valence-electron chi connectivity index (χ0n) is 10.3. The van der Waals surface area contributed by atoms with Gasteiger partial charge in [-0.3, -0.25) is 0 Å². The number of nitrogens with zero attached hydrogens (tertiary/aromatic N) is 2. The summed E-state index contributed by atoms with van der Waals surface area (Å²) in [6.07, 6.45) is 4.14. The van der Waals surface area contributed by atoms with Gasteiger partial charge in [0, 0.05) is 6.07 Å². The second kappa shape index (κ2) is 5.96. The highest BCUT2D eigenvalue weighted by Gasteiger charge is 2.20. The number of halogens is 4. The quantitative estimate of drug-likeness (QED) is 0.221. The first-order valence-electron chi connectivity index (χ1n) is 5.50. The van der Waals surface area contributed by atoms with E-state index in [0.717, 1.165) is 9.99 Å².